The number of aliphatic hydroxyl groups excluding tert-OH is 1. The summed E-state index contributed by atoms with van der Waals surface area (Å²) >= 11 is 0. The van der Waals surface area contributed by atoms with E-state index in [1.165, 1.54) is 32.4 Å². The second-order valence-electron chi connectivity index (χ2n) is 5.46. The van der Waals surface area contributed by atoms with E-state index >= 15 is 0 Å². The molecule has 2 unspecified atom stereocenters. The molecule has 0 aromatic carbocycles. The first-order chi connectivity index (χ1) is 8.76. The molecule has 106 valence electrons. The van der Waals surface area contributed by atoms with Crippen LogP contribution >= 0.6 is 0 Å². The normalized spacial score (nSPS) is 29.8. The van der Waals surface area contributed by atoms with Crippen molar-refractivity contribution in [3.63, 3.8) is 0 Å². The zero-order valence-corrected chi connectivity index (χ0v) is 11.8. The van der Waals surface area contributed by atoms with Gasteiger partial charge in [0.2, 0.25) is 0 Å². The summed E-state index contributed by atoms with van der Waals surface area (Å²) in [5.74, 6) is 0. The lowest BCUT2D eigenvalue weighted by Gasteiger charge is -2.40. The molecule has 2 aliphatic heterocycles. The maximum Gasteiger partial charge on any atom is 0.170 e. The third kappa shape index (κ3) is 3.23. The quantitative estimate of drug-likeness (QED) is 0.752. The van der Waals surface area contributed by atoms with E-state index in [1.807, 2.05) is 6.92 Å². The Labute approximate surface area is 111 Å². The molecular formula is C14H28N2O2. The third-order valence-corrected chi connectivity index (χ3v) is 4.48. The summed E-state index contributed by atoms with van der Waals surface area (Å²) in [5, 5.41) is 10.1. The summed E-state index contributed by atoms with van der Waals surface area (Å²) < 4.78 is 5.39. The van der Waals surface area contributed by atoms with Crippen molar-refractivity contribution in [1.29, 1.82) is 0 Å². The van der Waals surface area contributed by atoms with Gasteiger partial charge in [0.15, 0.2) is 6.29 Å². The molecule has 2 fully saturated rings. The Hall–Kier alpha value is -0.160. The predicted molar refractivity (Wildman–Crippen MR) is 72.5 cm³/mol. The minimum atomic E-state index is -0.596. The number of nitrogens with zero attached hydrogens (tertiary/aromatic N) is 2. The van der Waals surface area contributed by atoms with Crippen LogP contribution in [0.25, 0.3) is 0 Å². The van der Waals surface area contributed by atoms with Crippen LogP contribution in [0.4, 0.5) is 0 Å². The number of hydrogen-bond acceptors (Lipinski definition) is 4. The van der Waals surface area contributed by atoms with Crippen LogP contribution in [0.2, 0.25) is 0 Å². The minimum absolute atomic E-state index is 0.225. The molecule has 2 heterocycles. The van der Waals surface area contributed by atoms with E-state index in [9.17, 15) is 5.11 Å². The topological polar surface area (TPSA) is 35.9 Å². The summed E-state index contributed by atoms with van der Waals surface area (Å²) in [5.41, 5.74) is 0. The molecule has 0 amide bonds. The Morgan fingerprint density at radius 1 is 1.17 bits per heavy atom. The van der Waals surface area contributed by atoms with Gasteiger partial charge in [-0.3, -0.25) is 4.90 Å². The van der Waals surface area contributed by atoms with E-state index < -0.39 is 6.29 Å². The molecule has 0 bridgehead atoms. The largest absolute Gasteiger partial charge is 0.367 e. The number of aliphatic hydroxyl groups is 1. The summed E-state index contributed by atoms with van der Waals surface area (Å²) in [6.45, 7) is 9.48. The first-order valence-electron chi connectivity index (χ1n) is 7.54. The van der Waals surface area contributed by atoms with Crippen LogP contribution in [-0.4, -0.2) is 66.1 Å². The minimum Gasteiger partial charge on any atom is -0.367 e. The highest BCUT2D eigenvalue weighted by molar-refractivity contribution is 4.89. The van der Waals surface area contributed by atoms with Crippen molar-refractivity contribution >= 4 is 0 Å². The molecule has 4 nitrogen and oxygen atoms in total. The highest BCUT2D eigenvalue weighted by Crippen LogP contribution is 2.28. The maximum atomic E-state index is 10.1. The fourth-order valence-corrected chi connectivity index (χ4v) is 3.42. The molecule has 2 aliphatic rings. The Morgan fingerprint density at radius 3 is 2.50 bits per heavy atom. The molecule has 0 radical (unpaired) electrons. The first-order valence-corrected chi connectivity index (χ1v) is 7.54. The van der Waals surface area contributed by atoms with Crippen molar-refractivity contribution in [3.05, 3.63) is 0 Å². The standard InChI is InChI=1S/C14H28N2O2/c1-3-15-10-7-12(8-11-15)16-9-5-6-13(16)14(17)18-4-2/h12-14,17H,3-11H2,1-2H3. The van der Waals surface area contributed by atoms with Gasteiger partial charge >= 0.3 is 0 Å². The molecule has 0 aromatic rings. The van der Waals surface area contributed by atoms with Crippen molar-refractivity contribution < 1.29 is 9.84 Å². The van der Waals surface area contributed by atoms with Gasteiger partial charge in [-0.05, 0) is 58.8 Å². The second-order valence-corrected chi connectivity index (χ2v) is 5.46. The fourth-order valence-electron chi connectivity index (χ4n) is 3.42. The molecule has 2 saturated heterocycles. The summed E-state index contributed by atoms with van der Waals surface area (Å²) in [4.78, 5) is 5.02. The molecule has 18 heavy (non-hydrogen) atoms. The number of hydrogen-bond donors (Lipinski definition) is 1. The molecule has 0 saturated carbocycles. The van der Waals surface area contributed by atoms with Crippen LogP contribution in [-0.2, 0) is 4.74 Å². The number of rotatable bonds is 5. The zero-order valence-electron chi connectivity index (χ0n) is 11.8. The van der Waals surface area contributed by atoms with Crippen LogP contribution in [0.3, 0.4) is 0 Å². The molecule has 0 aliphatic carbocycles. The van der Waals surface area contributed by atoms with Crippen molar-refractivity contribution in [3.8, 4) is 0 Å². The first kappa shape index (κ1) is 14.3. The lowest BCUT2D eigenvalue weighted by molar-refractivity contribution is -0.140. The maximum absolute atomic E-state index is 10.1. The number of likely N-dealkylation sites (tertiary alicyclic amines) is 2. The molecule has 2 rings (SSSR count). The molecule has 1 N–H and O–H groups in total. The monoisotopic (exact) mass is 256 g/mol. The molecule has 2 atom stereocenters. The SMILES string of the molecule is CCOC(O)C1CCCN1C1CCN(CC)CC1. The van der Waals surface area contributed by atoms with Crippen LogP contribution in [0.15, 0.2) is 0 Å². The van der Waals surface area contributed by atoms with E-state index in [0.29, 0.717) is 12.6 Å². The van der Waals surface area contributed by atoms with Gasteiger partial charge in [-0.25, -0.2) is 0 Å². The molecule has 0 aromatic heterocycles. The van der Waals surface area contributed by atoms with Crippen molar-refractivity contribution in [1.82, 2.24) is 9.80 Å². The molecule has 0 spiro atoms. The lowest BCUT2D eigenvalue weighted by atomic mass is 10.0. The van der Waals surface area contributed by atoms with Gasteiger partial charge < -0.3 is 14.7 Å². The van der Waals surface area contributed by atoms with E-state index in [0.717, 1.165) is 19.5 Å². The van der Waals surface area contributed by atoms with Gasteiger partial charge in [-0.15, -0.1) is 0 Å². The van der Waals surface area contributed by atoms with Crippen LogP contribution < -0.4 is 0 Å². The summed E-state index contributed by atoms with van der Waals surface area (Å²) in [7, 11) is 0. The van der Waals surface area contributed by atoms with E-state index in [4.69, 9.17) is 4.74 Å². The molecule has 4 heteroatoms. The Bertz CT molecular complexity index is 242. The molecular weight excluding hydrogens is 228 g/mol. The summed E-state index contributed by atoms with van der Waals surface area (Å²) in [6.07, 6.45) is 4.16. The lowest BCUT2D eigenvalue weighted by Crippen LogP contribution is -2.50. The van der Waals surface area contributed by atoms with Crippen molar-refractivity contribution in [2.45, 2.75) is 57.9 Å². The summed E-state index contributed by atoms with van der Waals surface area (Å²) in [6, 6.07) is 0.874. The zero-order chi connectivity index (χ0) is 13.0. The Morgan fingerprint density at radius 2 is 1.89 bits per heavy atom. The van der Waals surface area contributed by atoms with Crippen molar-refractivity contribution in [2.24, 2.45) is 0 Å². The van der Waals surface area contributed by atoms with Crippen LogP contribution in [0.1, 0.15) is 39.5 Å². The number of ether oxygens (including phenoxy) is 1. The van der Waals surface area contributed by atoms with Crippen molar-refractivity contribution in [2.75, 3.05) is 32.8 Å². The highest BCUT2D eigenvalue weighted by Gasteiger charge is 2.36. The van der Waals surface area contributed by atoms with Gasteiger partial charge in [0, 0.05) is 12.6 Å². The predicted octanol–water partition coefficient (Wildman–Crippen LogP) is 1.29. The van der Waals surface area contributed by atoms with E-state index in [2.05, 4.69) is 16.7 Å². The van der Waals surface area contributed by atoms with E-state index in [1.54, 1.807) is 0 Å². The van der Waals surface area contributed by atoms with Gasteiger partial charge in [0.25, 0.3) is 0 Å². The third-order valence-electron chi connectivity index (χ3n) is 4.48. The van der Waals surface area contributed by atoms with Gasteiger partial charge in [-0.2, -0.15) is 0 Å². The van der Waals surface area contributed by atoms with E-state index in [-0.39, 0.29) is 6.04 Å². The highest BCUT2D eigenvalue weighted by atomic mass is 16.6. The van der Waals surface area contributed by atoms with Gasteiger partial charge in [0.05, 0.1) is 6.04 Å². The van der Waals surface area contributed by atoms with Crippen LogP contribution in [0, 0.1) is 0 Å². The number of piperidine rings is 1. The van der Waals surface area contributed by atoms with Gasteiger partial charge in [-0.1, -0.05) is 6.92 Å². The van der Waals surface area contributed by atoms with Gasteiger partial charge in [0.1, 0.15) is 0 Å². The average Bonchev–Trinajstić information content (AvgIpc) is 2.88. The average molecular weight is 256 g/mol. The van der Waals surface area contributed by atoms with Crippen LogP contribution in [0.5, 0.6) is 0 Å². The second kappa shape index (κ2) is 6.85. The Kier molecular flexibility index (Phi) is 5.42. The fraction of sp³-hybridized carbons (Fsp3) is 1.00. The smallest absolute Gasteiger partial charge is 0.170 e. The Balaban J connectivity index is 1.87.